The minimum atomic E-state index is 0.421. The number of halogens is 1. The van der Waals surface area contributed by atoms with Crippen molar-refractivity contribution in [1.82, 2.24) is 4.57 Å². The largest absolute Gasteiger partial charge is 0.349 e. The zero-order valence-electron chi connectivity index (χ0n) is 7.83. The average Bonchev–Trinajstić information content (AvgIpc) is 2.48. The molecule has 0 saturated carbocycles. The fourth-order valence-corrected chi connectivity index (χ4v) is 2.04. The Morgan fingerprint density at radius 3 is 3.00 bits per heavy atom. The van der Waals surface area contributed by atoms with Gasteiger partial charge in [-0.25, -0.2) is 0 Å². The van der Waals surface area contributed by atoms with Crippen molar-refractivity contribution in [1.29, 1.82) is 0 Å². The van der Waals surface area contributed by atoms with Gasteiger partial charge in [0.2, 0.25) is 0 Å². The normalized spacial score (nSPS) is 10.7. The van der Waals surface area contributed by atoms with Crippen LogP contribution in [0.3, 0.4) is 0 Å². The van der Waals surface area contributed by atoms with Crippen molar-refractivity contribution >= 4 is 28.8 Å². The van der Waals surface area contributed by atoms with Crippen LogP contribution in [0.1, 0.15) is 5.56 Å². The Kier molecular flexibility index (Phi) is 2.30. The molecule has 0 fully saturated rings. The van der Waals surface area contributed by atoms with E-state index < -0.39 is 0 Å². The van der Waals surface area contributed by atoms with Crippen LogP contribution < -0.4 is 0 Å². The molecule has 3 heteroatoms. The number of fused-ring (bicyclic) bond motifs is 1. The Balaban J connectivity index is 2.67. The van der Waals surface area contributed by atoms with Gasteiger partial charge in [-0.3, -0.25) is 0 Å². The molecular formula is C11H10ClNO. The van der Waals surface area contributed by atoms with Crippen LogP contribution in [0.2, 0.25) is 5.02 Å². The van der Waals surface area contributed by atoms with Crippen LogP contribution in [0, 0.1) is 0 Å². The molecule has 0 atom stereocenters. The molecule has 0 spiro atoms. The van der Waals surface area contributed by atoms with Crippen molar-refractivity contribution in [3.8, 4) is 0 Å². The molecule has 0 aliphatic heterocycles. The molecule has 0 radical (unpaired) electrons. The molecule has 2 nitrogen and oxygen atoms in total. The Labute approximate surface area is 87.1 Å². The van der Waals surface area contributed by atoms with Gasteiger partial charge < -0.3 is 9.36 Å². The van der Waals surface area contributed by atoms with Crippen LogP contribution in [0.5, 0.6) is 0 Å². The van der Waals surface area contributed by atoms with Gasteiger partial charge in [0, 0.05) is 25.1 Å². The summed E-state index contributed by atoms with van der Waals surface area (Å²) in [7, 11) is 1.95. The number of carbonyl (C=O) groups excluding carboxylic acids is 1. The predicted molar refractivity (Wildman–Crippen MR) is 57.7 cm³/mol. The molecule has 1 heterocycles. The van der Waals surface area contributed by atoms with Crippen LogP contribution in [0.25, 0.3) is 10.9 Å². The van der Waals surface area contributed by atoms with E-state index in [1.54, 1.807) is 0 Å². The SMILES string of the molecule is Cn1ccc2cc(CC=O)cc(Cl)c21. The molecule has 14 heavy (non-hydrogen) atoms. The number of rotatable bonds is 2. The number of benzene rings is 1. The lowest BCUT2D eigenvalue weighted by atomic mass is 10.1. The Hall–Kier alpha value is -1.28. The van der Waals surface area contributed by atoms with Gasteiger partial charge in [-0.05, 0) is 23.8 Å². The molecule has 2 aromatic rings. The average molecular weight is 208 g/mol. The molecule has 1 aromatic carbocycles. The highest BCUT2D eigenvalue weighted by Crippen LogP contribution is 2.25. The molecule has 72 valence electrons. The number of hydrogen-bond acceptors (Lipinski definition) is 1. The smallest absolute Gasteiger partial charge is 0.124 e. The van der Waals surface area contributed by atoms with Crippen molar-refractivity contribution in [3.05, 3.63) is 35.0 Å². The zero-order chi connectivity index (χ0) is 10.1. The van der Waals surface area contributed by atoms with Crippen molar-refractivity contribution in [2.45, 2.75) is 6.42 Å². The number of aldehydes is 1. The standard InChI is InChI=1S/C11H10ClNO/c1-13-4-2-9-6-8(3-5-14)7-10(12)11(9)13/h2,4-7H,3H2,1H3. The zero-order valence-corrected chi connectivity index (χ0v) is 8.58. The molecular weight excluding hydrogens is 198 g/mol. The summed E-state index contributed by atoms with van der Waals surface area (Å²) in [6, 6.07) is 5.84. The molecule has 0 N–H and O–H groups in total. The highest BCUT2D eigenvalue weighted by Gasteiger charge is 2.04. The lowest BCUT2D eigenvalue weighted by molar-refractivity contribution is -0.107. The highest BCUT2D eigenvalue weighted by atomic mass is 35.5. The summed E-state index contributed by atoms with van der Waals surface area (Å²) in [5, 5.41) is 1.78. The topological polar surface area (TPSA) is 22.0 Å². The second-order valence-corrected chi connectivity index (χ2v) is 3.72. The number of nitrogens with zero attached hydrogens (tertiary/aromatic N) is 1. The van der Waals surface area contributed by atoms with Crippen LogP contribution in [0.4, 0.5) is 0 Å². The first kappa shape index (κ1) is 9.28. The predicted octanol–water partition coefficient (Wildman–Crippen LogP) is 2.57. The minimum absolute atomic E-state index is 0.421. The Morgan fingerprint density at radius 1 is 1.50 bits per heavy atom. The van der Waals surface area contributed by atoms with Crippen LogP contribution in [0.15, 0.2) is 24.4 Å². The Morgan fingerprint density at radius 2 is 2.29 bits per heavy atom. The van der Waals surface area contributed by atoms with E-state index in [0.29, 0.717) is 11.4 Å². The third-order valence-electron chi connectivity index (χ3n) is 2.30. The van der Waals surface area contributed by atoms with Crippen LogP contribution >= 0.6 is 11.6 Å². The maximum Gasteiger partial charge on any atom is 0.124 e. The molecule has 2 rings (SSSR count). The lowest BCUT2D eigenvalue weighted by Crippen LogP contribution is -1.89. The maximum atomic E-state index is 10.4. The van der Waals surface area contributed by atoms with Crippen LogP contribution in [-0.4, -0.2) is 10.9 Å². The number of aryl methyl sites for hydroxylation is 1. The van der Waals surface area contributed by atoms with E-state index in [2.05, 4.69) is 0 Å². The first-order valence-electron chi connectivity index (χ1n) is 4.39. The van der Waals surface area contributed by atoms with Gasteiger partial charge in [0.25, 0.3) is 0 Å². The molecule has 0 aliphatic rings. The summed E-state index contributed by atoms with van der Waals surface area (Å²) in [4.78, 5) is 10.4. The summed E-state index contributed by atoms with van der Waals surface area (Å²) >= 11 is 6.11. The van der Waals surface area contributed by atoms with E-state index in [1.807, 2.05) is 36.0 Å². The van der Waals surface area contributed by atoms with Crippen LogP contribution in [-0.2, 0) is 18.3 Å². The second kappa shape index (κ2) is 3.46. The summed E-state index contributed by atoms with van der Waals surface area (Å²) in [5.41, 5.74) is 1.98. The summed E-state index contributed by atoms with van der Waals surface area (Å²) in [5.74, 6) is 0. The molecule has 0 amide bonds. The van der Waals surface area contributed by atoms with Gasteiger partial charge >= 0.3 is 0 Å². The first-order chi connectivity index (χ1) is 6.72. The summed E-state index contributed by atoms with van der Waals surface area (Å²) in [6.45, 7) is 0. The monoisotopic (exact) mass is 207 g/mol. The van der Waals surface area contributed by atoms with E-state index in [9.17, 15) is 4.79 Å². The van der Waals surface area contributed by atoms with Gasteiger partial charge in [0.1, 0.15) is 6.29 Å². The van der Waals surface area contributed by atoms with Crippen molar-refractivity contribution < 1.29 is 4.79 Å². The highest BCUT2D eigenvalue weighted by molar-refractivity contribution is 6.35. The summed E-state index contributed by atoms with van der Waals surface area (Å²) < 4.78 is 1.97. The lowest BCUT2D eigenvalue weighted by Gasteiger charge is -2.02. The maximum absolute atomic E-state index is 10.4. The van der Waals surface area contributed by atoms with E-state index in [1.165, 1.54) is 0 Å². The van der Waals surface area contributed by atoms with E-state index in [4.69, 9.17) is 11.6 Å². The van der Waals surface area contributed by atoms with E-state index in [0.717, 1.165) is 22.8 Å². The molecule has 0 bridgehead atoms. The quantitative estimate of drug-likeness (QED) is 0.694. The first-order valence-corrected chi connectivity index (χ1v) is 4.77. The minimum Gasteiger partial charge on any atom is -0.349 e. The molecule has 1 aromatic heterocycles. The van der Waals surface area contributed by atoms with Crippen molar-refractivity contribution in [2.75, 3.05) is 0 Å². The second-order valence-electron chi connectivity index (χ2n) is 3.31. The third-order valence-corrected chi connectivity index (χ3v) is 2.59. The van der Waals surface area contributed by atoms with Gasteiger partial charge in [0.05, 0.1) is 10.5 Å². The van der Waals surface area contributed by atoms with E-state index in [-0.39, 0.29) is 0 Å². The summed E-state index contributed by atoms with van der Waals surface area (Å²) in [6.07, 6.45) is 3.27. The fraction of sp³-hybridized carbons (Fsp3) is 0.182. The van der Waals surface area contributed by atoms with Gasteiger partial charge in [0.15, 0.2) is 0 Å². The van der Waals surface area contributed by atoms with Gasteiger partial charge in [-0.2, -0.15) is 0 Å². The number of aromatic nitrogens is 1. The number of carbonyl (C=O) groups is 1. The van der Waals surface area contributed by atoms with Crippen molar-refractivity contribution in [3.63, 3.8) is 0 Å². The molecule has 0 saturated heterocycles. The third kappa shape index (κ3) is 1.42. The number of hydrogen-bond donors (Lipinski definition) is 0. The Bertz CT molecular complexity index is 487. The fourth-order valence-electron chi connectivity index (χ4n) is 1.66. The van der Waals surface area contributed by atoms with Gasteiger partial charge in [-0.1, -0.05) is 11.6 Å². The van der Waals surface area contributed by atoms with Gasteiger partial charge in [-0.15, -0.1) is 0 Å². The van der Waals surface area contributed by atoms with E-state index >= 15 is 0 Å². The van der Waals surface area contributed by atoms with Crippen molar-refractivity contribution in [2.24, 2.45) is 7.05 Å². The molecule has 0 unspecified atom stereocenters. The molecule has 0 aliphatic carbocycles.